The maximum absolute atomic E-state index is 13.1. The molecule has 1 amide bonds. The van der Waals surface area contributed by atoms with Gasteiger partial charge >= 0.3 is 0 Å². The predicted molar refractivity (Wildman–Crippen MR) is 155 cm³/mol. The van der Waals surface area contributed by atoms with Gasteiger partial charge in [-0.15, -0.1) is 0 Å². The fraction of sp³-hybridized carbons (Fsp3) is 0.594. The van der Waals surface area contributed by atoms with Crippen LogP contribution >= 0.6 is 0 Å². The van der Waals surface area contributed by atoms with Gasteiger partial charge in [-0.05, 0) is 93.9 Å². The Hall–Kier alpha value is -2.40. The van der Waals surface area contributed by atoms with Crippen molar-refractivity contribution in [1.29, 1.82) is 0 Å². The van der Waals surface area contributed by atoms with Crippen molar-refractivity contribution in [3.63, 3.8) is 0 Å². The van der Waals surface area contributed by atoms with Crippen molar-refractivity contribution in [1.82, 2.24) is 10.2 Å². The van der Waals surface area contributed by atoms with E-state index >= 15 is 0 Å². The quantitative estimate of drug-likeness (QED) is 0.353. The number of rotatable bonds is 10. The van der Waals surface area contributed by atoms with Crippen LogP contribution in [0.25, 0.3) is 0 Å². The highest BCUT2D eigenvalue weighted by Crippen LogP contribution is 2.32. The van der Waals surface area contributed by atoms with Crippen molar-refractivity contribution >= 4 is 5.91 Å². The summed E-state index contributed by atoms with van der Waals surface area (Å²) in [6, 6.07) is 15.0. The van der Waals surface area contributed by atoms with E-state index < -0.39 is 5.54 Å². The fourth-order valence-electron chi connectivity index (χ4n) is 4.31. The third-order valence-corrected chi connectivity index (χ3v) is 7.04. The van der Waals surface area contributed by atoms with Crippen LogP contribution in [-0.4, -0.2) is 36.5 Å². The van der Waals surface area contributed by atoms with Gasteiger partial charge in [0.05, 0.1) is 11.6 Å². The number of amides is 1. The summed E-state index contributed by atoms with van der Waals surface area (Å²) in [5.74, 6) is 1.30. The number of halogens is 1. The maximum Gasteiger partial charge on any atom is 0.220 e. The summed E-state index contributed by atoms with van der Waals surface area (Å²) >= 11 is 0. The Morgan fingerprint density at radius 3 is 1.86 bits per heavy atom. The first-order valence-corrected chi connectivity index (χ1v) is 13.6. The van der Waals surface area contributed by atoms with Crippen LogP contribution < -0.4 is 10.1 Å². The predicted octanol–water partition coefficient (Wildman–Crippen LogP) is 7.70. The lowest BCUT2D eigenvalue weighted by Gasteiger charge is -2.44. The molecule has 2 aromatic carbocycles. The van der Waals surface area contributed by atoms with Crippen molar-refractivity contribution in [2.45, 2.75) is 105 Å². The van der Waals surface area contributed by atoms with Gasteiger partial charge in [0.1, 0.15) is 11.6 Å². The van der Waals surface area contributed by atoms with E-state index in [1.807, 2.05) is 25.8 Å². The monoisotopic (exact) mass is 514 g/mol. The molecule has 1 N–H and O–H groups in total. The number of ether oxygens (including phenoxy) is 1. The third kappa shape index (κ3) is 10.1. The summed E-state index contributed by atoms with van der Waals surface area (Å²) in [6.07, 6.45) is 2.06. The van der Waals surface area contributed by atoms with E-state index in [1.54, 1.807) is 19.1 Å². The van der Waals surface area contributed by atoms with Crippen molar-refractivity contribution in [3.05, 3.63) is 65.5 Å². The summed E-state index contributed by atoms with van der Waals surface area (Å²) in [5.41, 5.74) is 2.04. The van der Waals surface area contributed by atoms with Crippen LogP contribution in [-0.2, 0) is 15.7 Å². The summed E-state index contributed by atoms with van der Waals surface area (Å²) in [4.78, 5) is 14.2. The summed E-state index contributed by atoms with van der Waals surface area (Å²) in [6.45, 7) is 21.7. The van der Waals surface area contributed by atoms with Gasteiger partial charge in [-0.2, -0.15) is 0 Å². The highest BCUT2D eigenvalue weighted by Gasteiger charge is 2.35. The Kier molecular flexibility index (Phi) is 12.8. The Morgan fingerprint density at radius 2 is 1.46 bits per heavy atom. The number of nitrogens with one attached hydrogen (secondary N) is 1. The zero-order valence-corrected chi connectivity index (χ0v) is 25.1. The first-order valence-electron chi connectivity index (χ1n) is 13.6. The Bertz CT molecular complexity index is 931. The van der Waals surface area contributed by atoms with Crippen molar-refractivity contribution in [2.75, 3.05) is 13.6 Å². The van der Waals surface area contributed by atoms with Gasteiger partial charge in [-0.25, -0.2) is 4.39 Å². The second-order valence-corrected chi connectivity index (χ2v) is 11.8. The molecule has 2 aromatic rings. The van der Waals surface area contributed by atoms with Crippen LogP contribution in [0, 0.1) is 11.7 Å². The zero-order chi connectivity index (χ0) is 28.4. The van der Waals surface area contributed by atoms with Gasteiger partial charge in [-0.3, -0.25) is 4.79 Å². The van der Waals surface area contributed by atoms with Crippen molar-refractivity contribution in [2.24, 2.45) is 5.92 Å². The number of carbonyl (C=O) groups is 1. The minimum atomic E-state index is -0.464. The van der Waals surface area contributed by atoms with E-state index in [1.165, 1.54) is 17.7 Å². The largest absolute Gasteiger partial charge is 0.490 e. The molecular weight excluding hydrogens is 463 g/mol. The SMILES string of the molecule is CC(C)C(C)Oc1ccc(C(C)(C)C)cc1.CCC(CCNC)N(C(C)=O)C(C)(C)c1ccc(F)cc1. The molecule has 0 spiro atoms. The van der Waals surface area contributed by atoms with Crippen LogP contribution in [0.1, 0.15) is 93.2 Å². The molecule has 0 fully saturated rings. The highest BCUT2D eigenvalue weighted by atomic mass is 19.1. The fourth-order valence-corrected chi connectivity index (χ4v) is 4.31. The minimum Gasteiger partial charge on any atom is -0.490 e. The number of hydrogen-bond acceptors (Lipinski definition) is 3. The smallest absolute Gasteiger partial charge is 0.220 e. The van der Waals surface area contributed by atoms with Gasteiger partial charge in [0, 0.05) is 13.0 Å². The lowest BCUT2D eigenvalue weighted by Crippen LogP contribution is -2.51. The average molecular weight is 515 g/mol. The molecule has 0 aliphatic rings. The van der Waals surface area contributed by atoms with E-state index in [0.29, 0.717) is 5.92 Å². The number of nitrogens with zero attached hydrogens (tertiary/aromatic N) is 1. The van der Waals surface area contributed by atoms with Crippen LogP contribution in [0.3, 0.4) is 0 Å². The van der Waals surface area contributed by atoms with Crippen LogP contribution in [0.5, 0.6) is 5.75 Å². The van der Waals surface area contributed by atoms with Gasteiger partial charge in [0.25, 0.3) is 0 Å². The van der Waals surface area contributed by atoms with Crippen LogP contribution in [0.4, 0.5) is 4.39 Å². The number of carbonyl (C=O) groups excluding carboxylic acids is 1. The first kappa shape index (κ1) is 32.6. The molecule has 2 rings (SSSR count). The standard InChI is InChI=1S/C17H27FN2O.C15H24O/c1-6-16(11-12-19-5)20(13(2)21)17(3,4)14-7-9-15(18)10-8-14;1-11(2)12(3)16-14-9-7-13(8-10-14)15(4,5)6/h7-10,16,19H,6,11-12H2,1-5H3;7-12H,1-6H3. The summed E-state index contributed by atoms with van der Waals surface area (Å²) in [5, 5.41) is 3.14. The van der Waals surface area contributed by atoms with Gasteiger partial charge in [-0.1, -0.05) is 65.8 Å². The van der Waals surface area contributed by atoms with E-state index in [2.05, 4.69) is 78.0 Å². The summed E-state index contributed by atoms with van der Waals surface area (Å²) < 4.78 is 19.0. The van der Waals surface area contributed by atoms with E-state index in [9.17, 15) is 9.18 Å². The minimum absolute atomic E-state index is 0.0484. The molecule has 2 atom stereocenters. The molecule has 0 aliphatic carbocycles. The molecular formula is C32H51FN2O2. The van der Waals surface area contributed by atoms with Crippen LogP contribution in [0.15, 0.2) is 48.5 Å². The molecule has 0 saturated carbocycles. The molecule has 0 aromatic heterocycles. The Morgan fingerprint density at radius 1 is 0.946 bits per heavy atom. The topological polar surface area (TPSA) is 41.6 Å². The van der Waals surface area contributed by atoms with Crippen molar-refractivity contribution < 1.29 is 13.9 Å². The molecule has 5 heteroatoms. The van der Waals surface area contributed by atoms with Crippen molar-refractivity contribution in [3.8, 4) is 5.75 Å². The normalized spacial score (nSPS) is 13.4. The summed E-state index contributed by atoms with van der Waals surface area (Å²) in [7, 11) is 1.91. The lowest BCUT2D eigenvalue weighted by molar-refractivity contribution is -0.138. The molecule has 0 radical (unpaired) electrons. The van der Waals surface area contributed by atoms with Gasteiger partial charge in [0.2, 0.25) is 5.91 Å². The zero-order valence-electron chi connectivity index (χ0n) is 25.1. The second-order valence-electron chi connectivity index (χ2n) is 11.8. The highest BCUT2D eigenvalue weighted by molar-refractivity contribution is 5.74. The number of benzene rings is 2. The molecule has 2 unspecified atom stereocenters. The third-order valence-electron chi connectivity index (χ3n) is 7.04. The Labute approximate surface area is 226 Å². The van der Waals surface area contributed by atoms with E-state index in [0.717, 1.165) is 30.7 Å². The van der Waals surface area contributed by atoms with Gasteiger partial charge in [0.15, 0.2) is 0 Å². The second kappa shape index (κ2) is 14.5. The number of hydrogen-bond donors (Lipinski definition) is 1. The average Bonchev–Trinajstić information content (AvgIpc) is 2.81. The molecule has 208 valence electrons. The van der Waals surface area contributed by atoms with Crippen LogP contribution in [0.2, 0.25) is 0 Å². The maximum atomic E-state index is 13.1. The van der Waals surface area contributed by atoms with E-state index in [4.69, 9.17) is 4.74 Å². The molecule has 0 heterocycles. The molecule has 4 nitrogen and oxygen atoms in total. The van der Waals surface area contributed by atoms with E-state index in [-0.39, 0.29) is 29.3 Å². The Balaban J connectivity index is 0.000000384. The molecule has 0 bridgehead atoms. The lowest BCUT2D eigenvalue weighted by atomic mass is 9.87. The first-order chi connectivity index (χ1) is 17.1. The van der Waals surface area contributed by atoms with Gasteiger partial charge < -0.3 is 15.0 Å². The molecule has 0 aliphatic heterocycles. The molecule has 0 saturated heterocycles. The molecule has 37 heavy (non-hydrogen) atoms.